The van der Waals surface area contributed by atoms with Crippen molar-refractivity contribution in [1.82, 2.24) is 5.16 Å². The molecule has 1 aromatic carbocycles. The predicted molar refractivity (Wildman–Crippen MR) is 92.4 cm³/mol. The zero-order valence-corrected chi connectivity index (χ0v) is 14.5. The molecule has 1 N–H and O–H groups in total. The van der Waals surface area contributed by atoms with Gasteiger partial charge in [0.15, 0.2) is 0 Å². The average Bonchev–Trinajstić information content (AvgIpc) is 2.95. The van der Waals surface area contributed by atoms with Crippen molar-refractivity contribution in [2.24, 2.45) is 11.8 Å². The lowest BCUT2D eigenvalue weighted by Gasteiger charge is -2.16. The normalized spacial score (nSPS) is 16.8. The van der Waals surface area contributed by atoms with Crippen LogP contribution in [0, 0.1) is 11.8 Å². The van der Waals surface area contributed by atoms with Gasteiger partial charge in [0.25, 0.3) is 5.91 Å². The highest BCUT2D eigenvalue weighted by Gasteiger charge is 2.24. The first-order chi connectivity index (χ1) is 11.5. The van der Waals surface area contributed by atoms with Gasteiger partial charge >= 0.3 is 0 Å². The Hall–Kier alpha value is -2.30. The summed E-state index contributed by atoms with van der Waals surface area (Å²) in [5.74, 6) is 2.12. The monoisotopic (exact) mass is 328 g/mol. The molecule has 0 saturated carbocycles. The van der Waals surface area contributed by atoms with Gasteiger partial charge in [-0.3, -0.25) is 10.1 Å². The number of rotatable bonds is 5. The molecule has 24 heavy (non-hydrogen) atoms. The predicted octanol–water partition coefficient (Wildman–Crippen LogP) is 4.09. The maximum Gasteiger partial charge on any atom is 0.258 e. The minimum Gasteiger partial charge on any atom is -0.493 e. The zero-order valence-electron chi connectivity index (χ0n) is 14.5. The second-order valence-electron chi connectivity index (χ2n) is 6.97. The van der Waals surface area contributed by atoms with Crippen LogP contribution in [0.4, 0.5) is 5.88 Å². The van der Waals surface area contributed by atoms with Crippen LogP contribution in [-0.2, 0) is 12.8 Å². The van der Waals surface area contributed by atoms with Crippen molar-refractivity contribution < 1.29 is 14.1 Å². The Morgan fingerprint density at radius 3 is 2.83 bits per heavy atom. The van der Waals surface area contributed by atoms with Crippen molar-refractivity contribution in [3.8, 4) is 5.75 Å². The fourth-order valence-electron chi connectivity index (χ4n) is 2.82. The van der Waals surface area contributed by atoms with Crippen LogP contribution < -0.4 is 10.1 Å². The number of amides is 1. The van der Waals surface area contributed by atoms with Crippen LogP contribution in [-0.4, -0.2) is 17.7 Å². The molecule has 1 amide bonds. The largest absolute Gasteiger partial charge is 0.493 e. The van der Waals surface area contributed by atoms with E-state index in [1.807, 2.05) is 12.1 Å². The van der Waals surface area contributed by atoms with Gasteiger partial charge < -0.3 is 9.26 Å². The second kappa shape index (κ2) is 7.07. The van der Waals surface area contributed by atoms with E-state index in [1.54, 1.807) is 12.1 Å². The van der Waals surface area contributed by atoms with Gasteiger partial charge in [0.2, 0.25) is 5.88 Å². The first-order valence-corrected chi connectivity index (χ1v) is 8.54. The molecule has 0 saturated heterocycles. The lowest BCUT2D eigenvalue weighted by Crippen LogP contribution is -2.15. The van der Waals surface area contributed by atoms with E-state index in [2.05, 4.69) is 31.2 Å². The molecular weight excluding hydrogens is 304 g/mol. The van der Waals surface area contributed by atoms with Crippen molar-refractivity contribution >= 4 is 11.8 Å². The number of anilines is 1. The molecule has 1 aliphatic rings. The lowest BCUT2D eigenvalue weighted by molar-refractivity contribution is 0.102. The Morgan fingerprint density at radius 2 is 2.12 bits per heavy atom. The molecule has 0 radical (unpaired) electrons. The highest BCUT2D eigenvalue weighted by molar-refractivity contribution is 6.04. The Balaban J connectivity index is 1.66. The fraction of sp³-hybridized carbons (Fsp3) is 0.474. The van der Waals surface area contributed by atoms with Crippen LogP contribution in [0.25, 0.3) is 0 Å². The van der Waals surface area contributed by atoms with E-state index in [9.17, 15) is 4.79 Å². The number of aryl methyl sites for hydroxylation is 1. The topological polar surface area (TPSA) is 64.4 Å². The van der Waals surface area contributed by atoms with Gasteiger partial charge in [-0.1, -0.05) is 25.9 Å². The summed E-state index contributed by atoms with van der Waals surface area (Å²) in [6.45, 7) is 7.06. The summed E-state index contributed by atoms with van der Waals surface area (Å²) in [4.78, 5) is 12.4. The summed E-state index contributed by atoms with van der Waals surface area (Å²) < 4.78 is 11.0. The first-order valence-electron chi connectivity index (χ1n) is 8.54. The molecule has 0 spiro atoms. The Morgan fingerprint density at radius 1 is 1.38 bits per heavy atom. The number of hydrogen-bond donors (Lipinski definition) is 1. The molecule has 3 rings (SSSR count). The first kappa shape index (κ1) is 16.6. The highest BCUT2D eigenvalue weighted by Crippen LogP contribution is 2.30. The molecule has 5 heteroatoms. The van der Waals surface area contributed by atoms with Gasteiger partial charge in [0.05, 0.1) is 12.3 Å². The van der Waals surface area contributed by atoms with Crippen molar-refractivity contribution in [2.45, 2.75) is 40.0 Å². The summed E-state index contributed by atoms with van der Waals surface area (Å²) in [5, 5.41) is 6.93. The van der Waals surface area contributed by atoms with Crippen LogP contribution in [0.1, 0.15) is 48.8 Å². The molecule has 128 valence electrons. The van der Waals surface area contributed by atoms with Gasteiger partial charge in [0.1, 0.15) is 5.75 Å². The van der Waals surface area contributed by atoms with Crippen molar-refractivity contribution in [3.63, 3.8) is 0 Å². The van der Waals surface area contributed by atoms with E-state index in [-0.39, 0.29) is 5.91 Å². The summed E-state index contributed by atoms with van der Waals surface area (Å²) in [6.07, 6.45) is 2.93. The summed E-state index contributed by atoms with van der Waals surface area (Å²) in [5.41, 5.74) is 2.58. The molecule has 5 nitrogen and oxygen atoms in total. The van der Waals surface area contributed by atoms with Crippen molar-refractivity contribution in [3.05, 3.63) is 41.1 Å². The number of ether oxygens (including phenoxy) is 1. The standard InChI is InChI=1S/C19H24N2O3/c1-12(2)11-23-15-7-5-14(6-8-15)18(22)20-19-16-10-13(3)4-9-17(16)21-24-19/h5-8,12-13H,4,9-11H2,1-3H3,(H,20,22). The molecule has 0 aliphatic heterocycles. The molecule has 0 fully saturated rings. The summed E-state index contributed by atoms with van der Waals surface area (Å²) in [7, 11) is 0. The van der Waals surface area contributed by atoms with Gasteiger partial charge in [0, 0.05) is 11.1 Å². The number of aromatic nitrogens is 1. The number of benzene rings is 1. The number of carbonyl (C=O) groups is 1. The minimum atomic E-state index is -0.192. The van der Waals surface area contributed by atoms with Gasteiger partial charge in [-0.2, -0.15) is 0 Å². The SMILES string of the molecule is CC(C)COc1ccc(C(=O)Nc2onc3c2CC(C)CC3)cc1. The Kier molecular flexibility index (Phi) is 4.88. The van der Waals surface area contributed by atoms with E-state index in [4.69, 9.17) is 9.26 Å². The smallest absolute Gasteiger partial charge is 0.258 e. The van der Waals surface area contributed by atoms with E-state index in [0.29, 0.717) is 29.9 Å². The molecule has 1 aliphatic carbocycles. The highest BCUT2D eigenvalue weighted by atomic mass is 16.5. The maximum atomic E-state index is 12.4. The lowest BCUT2D eigenvalue weighted by atomic mass is 9.89. The minimum absolute atomic E-state index is 0.192. The number of nitrogens with one attached hydrogen (secondary N) is 1. The molecule has 1 atom stereocenters. The number of carbonyl (C=O) groups excluding carboxylic acids is 1. The van der Waals surface area contributed by atoms with Gasteiger partial charge in [-0.15, -0.1) is 0 Å². The summed E-state index contributed by atoms with van der Waals surface area (Å²) in [6, 6.07) is 7.15. The van der Waals surface area contributed by atoms with Crippen LogP contribution in [0.3, 0.4) is 0 Å². The molecule has 2 aromatic rings. The van der Waals surface area contributed by atoms with Gasteiger partial charge in [-0.05, 0) is 55.4 Å². The van der Waals surface area contributed by atoms with Crippen LogP contribution in [0.15, 0.2) is 28.8 Å². The van der Waals surface area contributed by atoms with E-state index in [1.165, 1.54) is 0 Å². The third kappa shape index (κ3) is 3.78. The average molecular weight is 328 g/mol. The van der Waals surface area contributed by atoms with E-state index in [0.717, 1.165) is 36.3 Å². The molecule has 1 aromatic heterocycles. The Bertz CT molecular complexity index is 704. The zero-order chi connectivity index (χ0) is 17.1. The summed E-state index contributed by atoms with van der Waals surface area (Å²) >= 11 is 0. The third-order valence-electron chi connectivity index (χ3n) is 4.22. The molecular formula is C19H24N2O3. The molecule has 0 bridgehead atoms. The number of fused-ring (bicyclic) bond motifs is 1. The quantitative estimate of drug-likeness (QED) is 0.898. The van der Waals surface area contributed by atoms with Crippen LogP contribution >= 0.6 is 0 Å². The number of hydrogen-bond acceptors (Lipinski definition) is 4. The third-order valence-corrected chi connectivity index (χ3v) is 4.22. The van der Waals surface area contributed by atoms with Crippen molar-refractivity contribution in [2.75, 3.05) is 11.9 Å². The maximum absolute atomic E-state index is 12.4. The molecule has 1 unspecified atom stereocenters. The van der Waals surface area contributed by atoms with Crippen LogP contribution in [0.5, 0.6) is 5.75 Å². The number of nitrogens with zero attached hydrogens (tertiary/aromatic N) is 1. The second-order valence-corrected chi connectivity index (χ2v) is 6.97. The van der Waals surface area contributed by atoms with E-state index < -0.39 is 0 Å². The van der Waals surface area contributed by atoms with Crippen LogP contribution in [0.2, 0.25) is 0 Å². The fourth-order valence-corrected chi connectivity index (χ4v) is 2.82. The van der Waals surface area contributed by atoms with Gasteiger partial charge in [-0.25, -0.2) is 0 Å². The van der Waals surface area contributed by atoms with Crippen molar-refractivity contribution in [1.29, 1.82) is 0 Å². The Labute approximate surface area is 142 Å². The molecule has 1 heterocycles. The van der Waals surface area contributed by atoms with E-state index >= 15 is 0 Å².